The predicted octanol–water partition coefficient (Wildman–Crippen LogP) is 1.98. The van der Waals surface area contributed by atoms with Crippen LogP contribution in [0.1, 0.15) is 29.0 Å². The third-order valence-electron chi connectivity index (χ3n) is 2.91. The van der Waals surface area contributed by atoms with Gasteiger partial charge < -0.3 is 5.73 Å². The van der Waals surface area contributed by atoms with Gasteiger partial charge in [0.25, 0.3) is 0 Å². The molecule has 1 aromatic rings. The molecule has 12 heavy (non-hydrogen) atoms. The molecule has 0 saturated carbocycles. The zero-order chi connectivity index (χ0) is 8.55. The zero-order valence-corrected chi connectivity index (χ0v) is 7.51. The highest BCUT2D eigenvalue weighted by atomic mass is 14.6. The van der Waals surface area contributed by atoms with Crippen molar-refractivity contribution in [1.29, 1.82) is 0 Å². The lowest BCUT2D eigenvalue weighted by molar-refractivity contribution is 0.688. The molecule has 1 atom stereocenters. The molecular formula is C11H15N. The van der Waals surface area contributed by atoms with Crippen LogP contribution in [0.4, 0.5) is 0 Å². The molecule has 0 amide bonds. The third-order valence-corrected chi connectivity index (χ3v) is 2.91. The highest BCUT2D eigenvalue weighted by molar-refractivity contribution is 5.40. The SMILES string of the molecule is Cc1cccc2c1CCC2CN. The van der Waals surface area contributed by atoms with Crippen LogP contribution in [0.2, 0.25) is 0 Å². The highest BCUT2D eigenvalue weighted by Gasteiger charge is 2.21. The van der Waals surface area contributed by atoms with Gasteiger partial charge in [-0.3, -0.25) is 0 Å². The van der Waals surface area contributed by atoms with Gasteiger partial charge >= 0.3 is 0 Å². The van der Waals surface area contributed by atoms with Crippen molar-refractivity contribution >= 4 is 0 Å². The Labute approximate surface area is 73.6 Å². The van der Waals surface area contributed by atoms with Gasteiger partial charge in [-0.2, -0.15) is 0 Å². The lowest BCUT2D eigenvalue weighted by Gasteiger charge is -2.08. The van der Waals surface area contributed by atoms with Crippen LogP contribution in [-0.2, 0) is 6.42 Å². The highest BCUT2D eigenvalue weighted by Crippen LogP contribution is 2.33. The largest absolute Gasteiger partial charge is 0.330 e. The van der Waals surface area contributed by atoms with E-state index in [1.165, 1.54) is 24.0 Å². The predicted molar refractivity (Wildman–Crippen MR) is 51.3 cm³/mol. The summed E-state index contributed by atoms with van der Waals surface area (Å²) in [4.78, 5) is 0. The summed E-state index contributed by atoms with van der Waals surface area (Å²) in [6, 6.07) is 6.56. The normalized spacial score (nSPS) is 21.0. The molecular weight excluding hydrogens is 146 g/mol. The molecule has 0 spiro atoms. The van der Waals surface area contributed by atoms with Crippen LogP contribution < -0.4 is 5.73 Å². The summed E-state index contributed by atoms with van der Waals surface area (Å²) in [6.07, 6.45) is 2.47. The quantitative estimate of drug-likeness (QED) is 0.669. The van der Waals surface area contributed by atoms with Crippen molar-refractivity contribution in [3.8, 4) is 0 Å². The van der Waals surface area contributed by atoms with Gasteiger partial charge in [0.1, 0.15) is 0 Å². The van der Waals surface area contributed by atoms with Gasteiger partial charge in [0, 0.05) is 0 Å². The fourth-order valence-corrected chi connectivity index (χ4v) is 2.17. The average molecular weight is 161 g/mol. The first-order valence-electron chi connectivity index (χ1n) is 4.61. The van der Waals surface area contributed by atoms with E-state index < -0.39 is 0 Å². The Kier molecular flexibility index (Phi) is 1.89. The van der Waals surface area contributed by atoms with E-state index in [4.69, 9.17) is 5.73 Å². The standard InChI is InChI=1S/C11H15N/c1-8-3-2-4-11-9(7-12)5-6-10(8)11/h2-4,9H,5-7,12H2,1H3. The van der Waals surface area contributed by atoms with Crippen LogP contribution in [-0.4, -0.2) is 6.54 Å². The van der Waals surface area contributed by atoms with Gasteiger partial charge in [-0.05, 0) is 48.9 Å². The lowest BCUT2D eigenvalue weighted by Crippen LogP contribution is -2.09. The van der Waals surface area contributed by atoms with Crippen molar-refractivity contribution in [2.75, 3.05) is 6.54 Å². The Balaban J connectivity index is 2.46. The number of hydrogen-bond acceptors (Lipinski definition) is 1. The van der Waals surface area contributed by atoms with E-state index in [1.54, 1.807) is 5.56 Å². The van der Waals surface area contributed by atoms with Gasteiger partial charge in [0.15, 0.2) is 0 Å². The Bertz CT molecular complexity index is 291. The van der Waals surface area contributed by atoms with Gasteiger partial charge in [-0.1, -0.05) is 18.2 Å². The molecule has 1 unspecified atom stereocenters. The van der Waals surface area contributed by atoms with Crippen molar-refractivity contribution in [2.24, 2.45) is 5.73 Å². The summed E-state index contributed by atoms with van der Waals surface area (Å²) < 4.78 is 0. The van der Waals surface area contributed by atoms with E-state index in [-0.39, 0.29) is 0 Å². The molecule has 2 rings (SSSR count). The van der Waals surface area contributed by atoms with E-state index in [9.17, 15) is 0 Å². The maximum absolute atomic E-state index is 5.70. The topological polar surface area (TPSA) is 26.0 Å². The molecule has 1 aliphatic carbocycles. The van der Waals surface area contributed by atoms with Crippen molar-refractivity contribution < 1.29 is 0 Å². The first kappa shape index (κ1) is 7.81. The zero-order valence-electron chi connectivity index (χ0n) is 7.51. The summed E-state index contributed by atoms with van der Waals surface area (Å²) in [5, 5.41) is 0. The van der Waals surface area contributed by atoms with E-state index in [2.05, 4.69) is 25.1 Å². The molecule has 64 valence electrons. The number of benzene rings is 1. The van der Waals surface area contributed by atoms with E-state index in [1.807, 2.05) is 0 Å². The molecule has 0 saturated heterocycles. The van der Waals surface area contributed by atoms with Gasteiger partial charge in [-0.25, -0.2) is 0 Å². The van der Waals surface area contributed by atoms with Crippen LogP contribution in [0.5, 0.6) is 0 Å². The van der Waals surface area contributed by atoms with Crippen LogP contribution >= 0.6 is 0 Å². The van der Waals surface area contributed by atoms with Crippen LogP contribution in [0.3, 0.4) is 0 Å². The molecule has 2 N–H and O–H groups in total. The molecule has 0 bridgehead atoms. The Morgan fingerprint density at radius 1 is 1.50 bits per heavy atom. The fraction of sp³-hybridized carbons (Fsp3) is 0.455. The molecule has 0 heterocycles. The Hall–Kier alpha value is -0.820. The van der Waals surface area contributed by atoms with E-state index in [0.29, 0.717) is 5.92 Å². The van der Waals surface area contributed by atoms with E-state index >= 15 is 0 Å². The second-order valence-corrected chi connectivity index (χ2v) is 3.61. The second kappa shape index (κ2) is 2.91. The molecule has 0 aliphatic heterocycles. The maximum Gasteiger partial charge on any atom is -0.000802 e. The summed E-state index contributed by atoms with van der Waals surface area (Å²) in [5.41, 5.74) is 10.2. The van der Waals surface area contributed by atoms with E-state index in [0.717, 1.165) is 6.54 Å². The third kappa shape index (κ3) is 1.05. The lowest BCUT2D eigenvalue weighted by atomic mass is 9.99. The van der Waals surface area contributed by atoms with Crippen LogP contribution in [0.15, 0.2) is 18.2 Å². The minimum absolute atomic E-state index is 0.625. The number of aryl methyl sites for hydroxylation is 1. The Morgan fingerprint density at radius 3 is 3.08 bits per heavy atom. The monoisotopic (exact) mass is 161 g/mol. The van der Waals surface area contributed by atoms with Gasteiger partial charge in [0.05, 0.1) is 0 Å². The minimum atomic E-state index is 0.625. The molecule has 0 aromatic heterocycles. The summed E-state index contributed by atoms with van der Waals surface area (Å²) in [5.74, 6) is 0.625. The fourth-order valence-electron chi connectivity index (χ4n) is 2.17. The first-order valence-corrected chi connectivity index (χ1v) is 4.61. The Morgan fingerprint density at radius 2 is 2.33 bits per heavy atom. The molecule has 1 aromatic carbocycles. The smallest absolute Gasteiger partial charge is 0.000802 e. The first-order chi connectivity index (χ1) is 5.83. The number of rotatable bonds is 1. The number of nitrogens with two attached hydrogens (primary N) is 1. The average Bonchev–Trinajstić information content (AvgIpc) is 2.49. The van der Waals surface area contributed by atoms with Crippen LogP contribution in [0.25, 0.3) is 0 Å². The van der Waals surface area contributed by atoms with Gasteiger partial charge in [-0.15, -0.1) is 0 Å². The van der Waals surface area contributed by atoms with Crippen molar-refractivity contribution in [2.45, 2.75) is 25.7 Å². The summed E-state index contributed by atoms with van der Waals surface area (Å²) in [7, 11) is 0. The molecule has 1 nitrogen and oxygen atoms in total. The van der Waals surface area contributed by atoms with Crippen molar-refractivity contribution in [3.63, 3.8) is 0 Å². The molecule has 0 fully saturated rings. The molecule has 1 heteroatoms. The molecule has 1 aliphatic rings. The second-order valence-electron chi connectivity index (χ2n) is 3.61. The van der Waals surface area contributed by atoms with Crippen molar-refractivity contribution in [1.82, 2.24) is 0 Å². The van der Waals surface area contributed by atoms with Crippen LogP contribution in [0, 0.1) is 6.92 Å². The number of hydrogen-bond donors (Lipinski definition) is 1. The maximum atomic E-state index is 5.70. The number of fused-ring (bicyclic) bond motifs is 1. The molecule has 0 radical (unpaired) electrons. The summed E-state index contributed by atoms with van der Waals surface area (Å²) in [6.45, 7) is 2.99. The van der Waals surface area contributed by atoms with Crippen molar-refractivity contribution in [3.05, 3.63) is 34.9 Å². The summed E-state index contributed by atoms with van der Waals surface area (Å²) >= 11 is 0. The van der Waals surface area contributed by atoms with Gasteiger partial charge in [0.2, 0.25) is 0 Å². The minimum Gasteiger partial charge on any atom is -0.330 e.